The van der Waals surface area contributed by atoms with Crippen LogP contribution in [0.1, 0.15) is 26.3 Å². The van der Waals surface area contributed by atoms with Gasteiger partial charge < -0.3 is 20.5 Å². The number of methoxy groups -OCH3 is 1. The summed E-state index contributed by atoms with van der Waals surface area (Å²) in [6.07, 6.45) is 0. The quantitative estimate of drug-likeness (QED) is 0.386. The number of aliphatic imine (C=N–C) groups is 1. The van der Waals surface area contributed by atoms with Crippen LogP contribution in [0.25, 0.3) is 0 Å². The minimum atomic E-state index is 0. The Morgan fingerprint density at radius 3 is 2.64 bits per heavy atom. The summed E-state index contributed by atoms with van der Waals surface area (Å²) >= 11 is 6.21. The van der Waals surface area contributed by atoms with Gasteiger partial charge in [0.25, 0.3) is 0 Å². The Morgan fingerprint density at radius 2 is 2.09 bits per heavy atom. The van der Waals surface area contributed by atoms with E-state index in [9.17, 15) is 0 Å². The molecule has 0 amide bonds. The van der Waals surface area contributed by atoms with Crippen LogP contribution >= 0.6 is 35.6 Å². The number of nitrogens with zero attached hydrogens (tertiary/aromatic N) is 1. The van der Waals surface area contributed by atoms with Crippen LogP contribution < -0.4 is 20.5 Å². The maximum absolute atomic E-state index is 6.21. The molecule has 0 saturated carbocycles. The Hall–Kier alpha value is -0.890. The van der Waals surface area contributed by atoms with Crippen LogP contribution in [0.2, 0.25) is 5.02 Å². The zero-order valence-corrected chi connectivity index (χ0v) is 16.6. The van der Waals surface area contributed by atoms with Crippen molar-refractivity contribution in [1.82, 2.24) is 5.32 Å². The first-order valence-corrected chi connectivity index (χ1v) is 7.38. The van der Waals surface area contributed by atoms with E-state index in [-0.39, 0.29) is 24.0 Å². The second kappa shape index (κ2) is 10.8. The van der Waals surface area contributed by atoms with Gasteiger partial charge in [0.2, 0.25) is 0 Å². The lowest BCUT2D eigenvalue weighted by Gasteiger charge is -2.13. The number of guanidine groups is 1. The number of benzene rings is 1. The van der Waals surface area contributed by atoms with E-state index in [4.69, 9.17) is 26.8 Å². The maximum atomic E-state index is 6.21. The summed E-state index contributed by atoms with van der Waals surface area (Å²) in [4.78, 5) is 4.29. The predicted molar refractivity (Wildman–Crippen MR) is 103 cm³/mol. The molecular weight excluding hydrogens is 417 g/mol. The molecule has 0 aromatic heterocycles. The Kier molecular flexibility index (Phi) is 10.3. The largest absolute Gasteiger partial charge is 0.493 e. The highest BCUT2D eigenvalue weighted by Crippen LogP contribution is 2.36. The van der Waals surface area contributed by atoms with Crippen LogP contribution in [0, 0.1) is 5.92 Å². The number of nitrogens with two attached hydrogens (primary N) is 1. The van der Waals surface area contributed by atoms with Gasteiger partial charge in [-0.25, -0.2) is 4.99 Å². The molecule has 5 nitrogen and oxygen atoms in total. The Balaban J connectivity index is 0.00000441. The van der Waals surface area contributed by atoms with E-state index in [2.05, 4.69) is 24.2 Å². The van der Waals surface area contributed by atoms with Gasteiger partial charge >= 0.3 is 0 Å². The molecule has 0 aliphatic carbocycles. The smallest absolute Gasteiger partial charge is 0.188 e. The molecule has 0 aliphatic rings. The van der Waals surface area contributed by atoms with Gasteiger partial charge in [-0.2, -0.15) is 0 Å². The highest BCUT2D eigenvalue weighted by Gasteiger charge is 2.11. The molecule has 0 saturated heterocycles. The predicted octanol–water partition coefficient (Wildman–Crippen LogP) is 3.43. The highest BCUT2D eigenvalue weighted by atomic mass is 127. The molecule has 0 spiro atoms. The van der Waals surface area contributed by atoms with Gasteiger partial charge in [0.1, 0.15) is 0 Å². The van der Waals surface area contributed by atoms with Gasteiger partial charge in [-0.1, -0.05) is 25.4 Å². The van der Waals surface area contributed by atoms with E-state index < -0.39 is 0 Å². The fourth-order valence-corrected chi connectivity index (χ4v) is 1.98. The van der Waals surface area contributed by atoms with E-state index in [1.165, 1.54) is 0 Å². The number of hydrogen-bond acceptors (Lipinski definition) is 3. The molecule has 1 aromatic rings. The zero-order chi connectivity index (χ0) is 15.8. The normalized spacial score (nSPS) is 11.1. The second-order valence-electron chi connectivity index (χ2n) is 5.02. The molecule has 22 heavy (non-hydrogen) atoms. The van der Waals surface area contributed by atoms with Crippen molar-refractivity contribution >= 4 is 41.5 Å². The van der Waals surface area contributed by atoms with Crippen molar-refractivity contribution in [3.63, 3.8) is 0 Å². The molecule has 0 atom stereocenters. The van der Waals surface area contributed by atoms with Crippen molar-refractivity contribution in [1.29, 1.82) is 0 Å². The first-order valence-electron chi connectivity index (χ1n) is 7.00. The molecule has 0 bridgehead atoms. The van der Waals surface area contributed by atoms with Crippen LogP contribution in [0.4, 0.5) is 0 Å². The van der Waals surface area contributed by atoms with Crippen molar-refractivity contribution in [2.24, 2.45) is 16.6 Å². The van der Waals surface area contributed by atoms with Gasteiger partial charge in [-0.05, 0) is 30.5 Å². The molecule has 1 rings (SSSR count). The van der Waals surface area contributed by atoms with Crippen LogP contribution in [0.5, 0.6) is 11.5 Å². The highest BCUT2D eigenvalue weighted by molar-refractivity contribution is 14.0. The SMILES string of the molecule is CCOc1c(Cl)cc(CN=C(N)NCC(C)C)cc1OC.I. The van der Waals surface area contributed by atoms with Crippen molar-refractivity contribution in [3.8, 4) is 11.5 Å². The first kappa shape index (κ1) is 21.1. The van der Waals surface area contributed by atoms with E-state index in [1.54, 1.807) is 7.11 Å². The summed E-state index contributed by atoms with van der Waals surface area (Å²) in [6.45, 7) is 7.87. The Labute approximate surface area is 154 Å². The van der Waals surface area contributed by atoms with Crippen LogP contribution in [-0.2, 0) is 6.54 Å². The van der Waals surface area contributed by atoms with E-state index >= 15 is 0 Å². The summed E-state index contributed by atoms with van der Waals surface area (Å²) in [5.41, 5.74) is 6.72. The van der Waals surface area contributed by atoms with Crippen molar-refractivity contribution < 1.29 is 9.47 Å². The molecule has 126 valence electrons. The molecule has 7 heteroatoms. The fraction of sp³-hybridized carbons (Fsp3) is 0.533. The third-order valence-electron chi connectivity index (χ3n) is 2.70. The topological polar surface area (TPSA) is 68.9 Å². The molecular formula is C15H25ClIN3O2. The molecule has 0 heterocycles. The average molecular weight is 442 g/mol. The van der Waals surface area contributed by atoms with Crippen molar-refractivity contribution in [3.05, 3.63) is 22.7 Å². The average Bonchev–Trinajstić information content (AvgIpc) is 2.45. The lowest BCUT2D eigenvalue weighted by molar-refractivity contribution is 0.311. The first-order chi connectivity index (χ1) is 9.97. The van der Waals surface area contributed by atoms with Crippen molar-refractivity contribution in [2.75, 3.05) is 20.3 Å². The third kappa shape index (κ3) is 6.91. The minimum absolute atomic E-state index is 0. The summed E-state index contributed by atoms with van der Waals surface area (Å²) in [5, 5.41) is 3.58. The Bertz CT molecular complexity index is 496. The number of hydrogen-bond donors (Lipinski definition) is 2. The van der Waals surface area contributed by atoms with Crippen LogP contribution in [-0.4, -0.2) is 26.2 Å². The molecule has 1 aromatic carbocycles. The summed E-state index contributed by atoms with van der Waals surface area (Å²) < 4.78 is 10.8. The molecule has 0 radical (unpaired) electrons. The lowest BCUT2D eigenvalue weighted by atomic mass is 10.2. The Morgan fingerprint density at radius 1 is 1.41 bits per heavy atom. The number of nitrogens with one attached hydrogen (secondary N) is 1. The van der Waals surface area contributed by atoms with Gasteiger partial charge in [-0.15, -0.1) is 24.0 Å². The van der Waals surface area contributed by atoms with Gasteiger partial charge in [0, 0.05) is 6.54 Å². The standard InChI is InChI=1S/C15H24ClN3O2.HI/c1-5-21-14-12(16)6-11(7-13(14)20-4)9-19-15(17)18-8-10(2)3;/h6-7,10H,5,8-9H2,1-4H3,(H3,17,18,19);1H. The van der Waals surface area contributed by atoms with Crippen LogP contribution in [0.3, 0.4) is 0 Å². The van der Waals surface area contributed by atoms with E-state index in [0.717, 1.165) is 12.1 Å². The van der Waals surface area contributed by atoms with E-state index in [0.29, 0.717) is 41.6 Å². The number of ether oxygens (including phenoxy) is 2. The van der Waals surface area contributed by atoms with Gasteiger partial charge in [0.05, 0.1) is 25.3 Å². The second-order valence-corrected chi connectivity index (χ2v) is 5.43. The summed E-state index contributed by atoms with van der Waals surface area (Å²) in [7, 11) is 1.58. The number of rotatable bonds is 7. The monoisotopic (exact) mass is 441 g/mol. The lowest BCUT2D eigenvalue weighted by Crippen LogP contribution is -2.34. The zero-order valence-electron chi connectivity index (χ0n) is 13.5. The van der Waals surface area contributed by atoms with Crippen LogP contribution in [0.15, 0.2) is 17.1 Å². The molecule has 0 aliphatic heterocycles. The molecule has 0 fully saturated rings. The summed E-state index contributed by atoms with van der Waals surface area (Å²) in [5.74, 6) is 2.09. The molecule has 3 N–H and O–H groups in total. The van der Waals surface area contributed by atoms with Gasteiger partial charge in [0.15, 0.2) is 17.5 Å². The summed E-state index contributed by atoms with van der Waals surface area (Å²) in [6, 6.07) is 3.67. The molecule has 0 unspecified atom stereocenters. The number of halogens is 2. The van der Waals surface area contributed by atoms with Gasteiger partial charge in [-0.3, -0.25) is 0 Å². The fourth-order valence-electron chi connectivity index (χ4n) is 1.69. The maximum Gasteiger partial charge on any atom is 0.188 e. The van der Waals surface area contributed by atoms with E-state index in [1.807, 2.05) is 19.1 Å². The minimum Gasteiger partial charge on any atom is -0.493 e. The van der Waals surface area contributed by atoms with Crippen molar-refractivity contribution in [2.45, 2.75) is 27.3 Å². The third-order valence-corrected chi connectivity index (χ3v) is 2.98.